The zero-order valence-electron chi connectivity index (χ0n) is 14.4. The molecule has 1 aliphatic rings. The van der Waals surface area contributed by atoms with Crippen molar-refractivity contribution in [1.82, 2.24) is 0 Å². The summed E-state index contributed by atoms with van der Waals surface area (Å²) in [4.78, 5) is 17.0. The number of benzene rings is 3. The first-order valence-electron chi connectivity index (χ1n) is 8.52. The van der Waals surface area contributed by atoms with Crippen molar-refractivity contribution in [3.05, 3.63) is 95.1 Å². The van der Waals surface area contributed by atoms with Gasteiger partial charge in [0.05, 0.1) is 5.71 Å². The Morgan fingerprint density at radius 3 is 1.88 bits per heavy atom. The van der Waals surface area contributed by atoms with Crippen LogP contribution in [-0.2, 0) is 0 Å². The fraction of sp³-hybridized carbons (Fsp3) is 0.130. The highest BCUT2D eigenvalue weighted by Gasteiger charge is 2.26. The molecule has 1 atom stereocenters. The topological polar surface area (TPSA) is 29.4 Å². The summed E-state index contributed by atoms with van der Waals surface area (Å²) in [5, 5.41) is 0. The lowest BCUT2D eigenvalue weighted by Gasteiger charge is -2.20. The van der Waals surface area contributed by atoms with Gasteiger partial charge in [0.1, 0.15) is 6.04 Å². The van der Waals surface area contributed by atoms with E-state index in [1.54, 1.807) is 0 Å². The first-order chi connectivity index (χ1) is 12.1. The number of hydrogen-bond acceptors (Lipinski definition) is 2. The molecule has 1 heterocycles. The van der Waals surface area contributed by atoms with Crippen LogP contribution in [0.25, 0.3) is 11.1 Å². The summed E-state index contributed by atoms with van der Waals surface area (Å²) in [5.74, 6) is 0.0932. The first-order valence-corrected chi connectivity index (χ1v) is 8.52. The third-order valence-electron chi connectivity index (χ3n) is 4.69. The molecular weight excluding hydrogens is 306 g/mol. The maximum absolute atomic E-state index is 12.4. The van der Waals surface area contributed by atoms with Gasteiger partial charge in [-0.1, -0.05) is 78.4 Å². The van der Waals surface area contributed by atoms with Crippen LogP contribution in [0.15, 0.2) is 77.8 Å². The number of nitrogens with zero attached hydrogens (tertiary/aromatic N) is 1. The molecule has 0 spiro atoms. The average molecular weight is 325 g/mol. The Labute approximate surface area is 147 Å². The van der Waals surface area contributed by atoms with E-state index in [0.29, 0.717) is 0 Å². The summed E-state index contributed by atoms with van der Waals surface area (Å²) in [6, 6.07) is 24.3. The number of carbonyl (C=O) groups is 1. The molecule has 122 valence electrons. The summed E-state index contributed by atoms with van der Waals surface area (Å²) in [5.41, 5.74) is 7.27. The Kier molecular flexibility index (Phi) is 3.81. The van der Waals surface area contributed by atoms with Crippen LogP contribution in [0.3, 0.4) is 0 Å². The summed E-state index contributed by atoms with van der Waals surface area (Å²) in [6.45, 7) is 3.95. The molecule has 1 aliphatic heterocycles. The quantitative estimate of drug-likeness (QED) is 0.646. The van der Waals surface area contributed by atoms with Crippen LogP contribution >= 0.6 is 0 Å². The summed E-state index contributed by atoms with van der Waals surface area (Å²) in [6.07, 6.45) is 0. The van der Waals surface area contributed by atoms with Crippen molar-refractivity contribution in [2.45, 2.75) is 19.9 Å². The van der Waals surface area contributed by atoms with Crippen LogP contribution in [0.2, 0.25) is 0 Å². The summed E-state index contributed by atoms with van der Waals surface area (Å²) in [7, 11) is 0. The van der Waals surface area contributed by atoms with Gasteiger partial charge >= 0.3 is 0 Å². The Balaban J connectivity index is 1.74. The molecular formula is C23H19NO. The molecule has 0 bridgehead atoms. The number of hydrogen-bond donors (Lipinski definition) is 0. The van der Waals surface area contributed by atoms with Gasteiger partial charge in [0.25, 0.3) is 0 Å². The normalized spacial score (nSPS) is 16.3. The van der Waals surface area contributed by atoms with Crippen molar-refractivity contribution in [2.24, 2.45) is 4.99 Å². The van der Waals surface area contributed by atoms with Crippen molar-refractivity contribution < 1.29 is 4.79 Å². The molecule has 2 heteroatoms. The molecule has 0 aromatic heterocycles. The largest absolute Gasteiger partial charge is 0.292 e. The first kappa shape index (κ1) is 15.5. The van der Waals surface area contributed by atoms with Gasteiger partial charge in [0.2, 0.25) is 0 Å². The van der Waals surface area contributed by atoms with Gasteiger partial charge in [-0.3, -0.25) is 9.79 Å². The van der Waals surface area contributed by atoms with Crippen molar-refractivity contribution in [1.29, 1.82) is 0 Å². The second-order valence-electron chi connectivity index (χ2n) is 6.51. The highest BCUT2D eigenvalue weighted by molar-refractivity contribution is 6.22. The fourth-order valence-corrected chi connectivity index (χ4v) is 3.25. The minimum atomic E-state index is -0.332. The third kappa shape index (κ3) is 2.80. The van der Waals surface area contributed by atoms with Crippen LogP contribution in [0, 0.1) is 6.92 Å². The zero-order valence-corrected chi connectivity index (χ0v) is 14.4. The zero-order chi connectivity index (χ0) is 17.4. The van der Waals surface area contributed by atoms with E-state index < -0.39 is 0 Å². The molecule has 0 saturated heterocycles. The van der Waals surface area contributed by atoms with Gasteiger partial charge in [0.15, 0.2) is 5.78 Å². The van der Waals surface area contributed by atoms with Gasteiger partial charge in [0, 0.05) is 16.7 Å². The van der Waals surface area contributed by atoms with E-state index in [2.05, 4.69) is 60.4 Å². The van der Waals surface area contributed by atoms with E-state index in [4.69, 9.17) is 0 Å². The lowest BCUT2D eigenvalue weighted by atomic mass is 9.89. The van der Waals surface area contributed by atoms with E-state index in [0.717, 1.165) is 22.4 Å². The molecule has 0 fully saturated rings. The summed E-state index contributed by atoms with van der Waals surface area (Å²) >= 11 is 0. The second-order valence-corrected chi connectivity index (χ2v) is 6.51. The van der Waals surface area contributed by atoms with Crippen molar-refractivity contribution in [3.8, 4) is 11.1 Å². The molecule has 0 amide bonds. The molecule has 3 aromatic carbocycles. The van der Waals surface area contributed by atoms with E-state index in [1.165, 1.54) is 16.7 Å². The molecule has 4 rings (SSSR count). The monoisotopic (exact) mass is 325 g/mol. The Hall–Kier alpha value is -3.00. The highest BCUT2D eigenvalue weighted by Crippen LogP contribution is 2.26. The van der Waals surface area contributed by atoms with E-state index >= 15 is 0 Å². The minimum Gasteiger partial charge on any atom is -0.292 e. The number of Topliss-reactive ketones (excluding diaryl/α,β-unsaturated/α-hetero) is 1. The Bertz CT molecular complexity index is 966. The number of fused-ring (bicyclic) bond motifs is 1. The molecule has 1 unspecified atom stereocenters. The van der Waals surface area contributed by atoms with Crippen LogP contribution < -0.4 is 0 Å². The maximum Gasteiger partial charge on any atom is 0.187 e. The molecule has 0 saturated carbocycles. The fourth-order valence-electron chi connectivity index (χ4n) is 3.25. The van der Waals surface area contributed by atoms with Gasteiger partial charge in [-0.25, -0.2) is 0 Å². The molecule has 25 heavy (non-hydrogen) atoms. The third-order valence-corrected chi connectivity index (χ3v) is 4.69. The van der Waals surface area contributed by atoms with Crippen molar-refractivity contribution in [2.75, 3.05) is 0 Å². The van der Waals surface area contributed by atoms with Crippen LogP contribution in [0.4, 0.5) is 0 Å². The predicted molar refractivity (Wildman–Crippen MR) is 102 cm³/mol. The van der Waals surface area contributed by atoms with Gasteiger partial charge in [-0.15, -0.1) is 0 Å². The summed E-state index contributed by atoms with van der Waals surface area (Å²) < 4.78 is 0. The van der Waals surface area contributed by atoms with Gasteiger partial charge < -0.3 is 0 Å². The van der Waals surface area contributed by atoms with Gasteiger partial charge in [-0.2, -0.15) is 0 Å². The van der Waals surface area contributed by atoms with Gasteiger partial charge in [-0.05, 0) is 25.0 Å². The van der Waals surface area contributed by atoms with Crippen molar-refractivity contribution >= 4 is 11.5 Å². The number of ketones is 1. The molecule has 2 nitrogen and oxygen atoms in total. The van der Waals surface area contributed by atoms with E-state index in [-0.39, 0.29) is 11.8 Å². The Morgan fingerprint density at radius 1 is 0.720 bits per heavy atom. The van der Waals surface area contributed by atoms with E-state index in [9.17, 15) is 4.79 Å². The SMILES string of the molecule is Cc1ccc(-c2ccc(C3=NC(C)C(=O)c4ccccc43)cc2)cc1. The number of aliphatic imine (C=N–C) groups is 1. The number of aryl methyl sites for hydroxylation is 1. The second kappa shape index (κ2) is 6.14. The lowest BCUT2D eigenvalue weighted by molar-refractivity contribution is 0.0966. The predicted octanol–water partition coefficient (Wildman–Crippen LogP) is 5.08. The Morgan fingerprint density at radius 2 is 1.24 bits per heavy atom. The van der Waals surface area contributed by atoms with Crippen LogP contribution in [0.5, 0.6) is 0 Å². The standard InChI is InChI=1S/C23H19NO/c1-15-7-9-17(10-8-15)18-11-13-19(14-12-18)22-20-5-3-4-6-21(20)23(25)16(2)24-22/h3-14,16H,1-2H3. The highest BCUT2D eigenvalue weighted by atomic mass is 16.1. The molecule has 0 N–H and O–H groups in total. The minimum absolute atomic E-state index is 0.0932. The lowest BCUT2D eigenvalue weighted by Crippen LogP contribution is -2.26. The van der Waals surface area contributed by atoms with Crippen molar-refractivity contribution in [3.63, 3.8) is 0 Å². The number of rotatable bonds is 2. The van der Waals surface area contributed by atoms with Crippen LogP contribution in [0.1, 0.15) is 34.0 Å². The maximum atomic E-state index is 12.4. The van der Waals surface area contributed by atoms with E-state index in [1.807, 2.05) is 31.2 Å². The average Bonchev–Trinajstić information content (AvgIpc) is 2.66. The molecule has 0 aliphatic carbocycles. The number of carbonyl (C=O) groups excluding carboxylic acids is 1. The smallest absolute Gasteiger partial charge is 0.187 e. The molecule has 0 radical (unpaired) electrons. The van der Waals surface area contributed by atoms with Crippen LogP contribution in [-0.4, -0.2) is 17.5 Å². The molecule has 3 aromatic rings.